The number of para-hydroxylation sites is 2. The predicted octanol–water partition coefficient (Wildman–Crippen LogP) is 16.9. The Hall–Kier alpha value is -8.20. The van der Waals surface area contributed by atoms with E-state index in [4.69, 9.17) is 0 Å². The quantitative estimate of drug-likeness (QED) is 0.158. The van der Waals surface area contributed by atoms with Crippen molar-refractivity contribution in [2.45, 2.75) is 24.7 Å². The van der Waals surface area contributed by atoms with Gasteiger partial charge in [-0.05, 0) is 139 Å². The maximum atomic E-state index is 2.48. The smallest absolute Gasteiger partial charge is 0.0754 e. The highest BCUT2D eigenvalue weighted by Gasteiger charge is 2.52. The Kier molecular flexibility index (Phi) is 8.51. The number of nitrogens with zero attached hydrogens (tertiary/aromatic N) is 2. The van der Waals surface area contributed by atoms with Crippen LogP contribution < -0.4 is 9.80 Å². The number of benzene rings is 10. The van der Waals surface area contributed by atoms with Crippen LogP contribution in [0.25, 0.3) is 44.5 Å². The molecule has 0 amide bonds. The molecule has 66 heavy (non-hydrogen) atoms. The molecule has 1 unspecified atom stereocenters. The Morgan fingerprint density at radius 3 is 1.56 bits per heavy atom. The van der Waals surface area contributed by atoms with E-state index in [9.17, 15) is 0 Å². The lowest BCUT2D eigenvalue weighted by molar-refractivity contribution is 0.660. The Morgan fingerprint density at radius 1 is 0.333 bits per heavy atom. The van der Waals surface area contributed by atoms with Gasteiger partial charge in [0.15, 0.2) is 0 Å². The molecule has 13 rings (SSSR count). The van der Waals surface area contributed by atoms with Gasteiger partial charge in [-0.15, -0.1) is 0 Å². The maximum Gasteiger partial charge on any atom is 0.0754 e. The van der Waals surface area contributed by atoms with Crippen molar-refractivity contribution in [3.05, 3.63) is 276 Å². The first kappa shape index (κ1) is 38.3. The number of hydrogen-bond acceptors (Lipinski definition) is 2. The Balaban J connectivity index is 0.948. The highest BCUT2D eigenvalue weighted by molar-refractivity contribution is 6.00. The van der Waals surface area contributed by atoms with Gasteiger partial charge in [-0.3, -0.25) is 0 Å². The van der Waals surface area contributed by atoms with Gasteiger partial charge in [0, 0.05) is 33.7 Å². The molecule has 0 spiro atoms. The van der Waals surface area contributed by atoms with Crippen molar-refractivity contribution >= 4 is 34.1 Å². The second-order valence-corrected chi connectivity index (χ2v) is 18.5. The summed E-state index contributed by atoms with van der Waals surface area (Å²) >= 11 is 0. The van der Waals surface area contributed by atoms with Gasteiger partial charge in [0.25, 0.3) is 0 Å². The zero-order chi connectivity index (χ0) is 44.0. The summed E-state index contributed by atoms with van der Waals surface area (Å²) in [5.74, 6) is 0. The van der Waals surface area contributed by atoms with Crippen molar-refractivity contribution in [1.29, 1.82) is 0 Å². The zero-order valence-electron chi connectivity index (χ0n) is 37.0. The van der Waals surface area contributed by atoms with Crippen LogP contribution in [0.4, 0.5) is 34.1 Å². The lowest BCUT2D eigenvalue weighted by Gasteiger charge is -2.44. The van der Waals surface area contributed by atoms with Crippen LogP contribution in [0.3, 0.4) is 0 Å². The van der Waals surface area contributed by atoms with E-state index < -0.39 is 5.41 Å². The number of fused-ring (bicyclic) bond motifs is 8. The molecule has 1 aliphatic heterocycles. The standard InChI is InChI=1S/C64H46N2/c1-63(2)56-25-13-12-23-52(56)53-40-38-51(42-58(53)63)65(49-34-29-44(30-35-49)43-17-6-3-7-18-43)50-36-31-45(32-37-50)46-33-39-54-55-24-16-28-61-62(55)64(59(54)41-46,47-19-8-4-9-20-47)57-26-14-15-27-60(57)66(61)48-21-10-5-11-22-48/h3-42H,1-2H3. The molecule has 1 heterocycles. The summed E-state index contributed by atoms with van der Waals surface area (Å²) in [7, 11) is 0. The normalized spacial score (nSPS) is 15.6. The van der Waals surface area contributed by atoms with E-state index >= 15 is 0 Å². The van der Waals surface area contributed by atoms with Crippen LogP contribution >= 0.6 is 0 Å². The summed E-state index contributed by atoms with van der Waals surface area (Å²) in [5.41, 5.74) is 24.3. The molecule has 0 saturated heterocycles. The van der Waals surface area contributed by atoms with E-state index in [2.05, 4.69) is 266 Å². The van der Waals surface area contributed by atoms with Crippen LogP contribution in [0.5, 0.6) is 0 Å². The Morgan fingerprint density at radius 2 is 0.833 bits per heavy atom. The fraction of sp³-hybridized carbons (Fsp3) is 0.0625. The molecular formula is C64H46N2. The third-order valence-corrected chi connectivity index (χ3v) is 14.7. The average Bonchev–Trinajstić information content (AvgIpc) is 3.81. The van der Waals surface area contributed by atoms with Crippen LogP contribution in [-0.2, 0) is 10.8 Å². The highest BCUT2D eigenvalue weighted by atomic mass is 15.2. The van der Waals surface area contributed by atoms with Gasteiger partial charge in [-0.2, -0.15) is 0 Å². The molecule has 0 fully saturated rings. The first-order valence-electron chi connectivity index (χ1n) is 23.1. The number of anilines is 6. The predicted molar refractivity (Wildman–Crippen MR) is 275 cm³/mol. The van der Waals surface area contributed by atoms with E-state index in [1.54, 1.807) is 0 Å². The Bertz CT molecular complexity index is 3480. The van der Waals surface area contributed by atoms with Gasteiger partial charge in [0.1, 0.15) is 0 Å². The zero-order valence-corrected chi connectivity index (χ0v) is 37.0. The molecule has 0 radical (unpaired) electrons. The third-order valence-electron chi connectivity index (χ3n) is 14.7. The highest BCUT2D eigenvalue weighted by Crippen LogP contribution is 2.65. The molecule has 312 valence electrons. The fourth-order valence-electron chi connectivity index (χ4n) is 11.7. The number of rotatable bonds is 7. The van der Waals surface area contributed by atoms with Crippen LogP contribution in [0.1, 0.15) is 47.2 Å². The number of hydrogen-bond donors (Lipinski definition) is 0. The van der Waals surface area contributed by atoms with Gasteiger partial charge >= 0.3 is 0 Å². The van der Waals surface area contributed by atoms with Gasteiger partial charge in [0.05, 0.1) is 16.8 Å². The summed E-state index contributed by atoms with van der Waals surface area (Å²) < 4.78 is 0. The van der Waals surface area contributed by atoms with Crippen molar-refractivity contribution in [1.82, 2.24) is 0 Å². The van der Waals surface area contributed by atoms with E-state index in [0.717, 1.165) is 22.7 Å². The molecule has 0 aromatic heterocycles. The van der Waals surface area contributed by atoms with Gasteiger partial charge in [-0.25, -0.2) is 0 Å². The molecule has 0 saturated carbocycles. The maximum absolute atomic E-state index is 2.48. The van der Waals surface area contributed by atoms with Gasteiger partial charge in [-0.1, -0.05) is 190 Å². The minimum Gasteiger partial charge on any atom is -0.310 e. The summed E-state index contributed by atoms with van der Waals surface area (Å²) in [6.07, 6.45) is 0. The van der Waals surface area contributed by atoms with Gasteiger partial charge < -0.3 is 9.80 Å². The molecule has 1 atom stereocenters. The van der Waals surface area contributed by atoms with Crippen molar-refractivity contribution in [2.24, 2.45) is 0 Å². The second-order valence-electron chi connectivity index (χ2n) is 18.5. The SMILES string of the molecule is CC1(C)c2ccccc2-c2ccc(N(c3ccc(-c4ccccc4)cc3)c3ccc(-c4ccc5c(c4)C4(c6ccccc6)c6ccccc6N(c6ccccc6)c6cccc-5c64)cc3)cc21. The average molecular weight is 843 g/mol. The first-order valence-corrected chi connectivity index (χ1v) is 23.1. The van der Waals surface area contributed by atoms with Crippen LogP contribution in [-0.4, -0.2) is 0 Å². The van der Waals surface area contributed by atoms with E-state index in [-0.39, 0.29) is 5.41 Å². The minimum absolute atomic E-state index is 0.113. The third kappa shape index (κ3) is 5.55. The molecule has 2 aliphatic carbocycles. The molecule has 3 aliphatic rings. The molecule has 10 aromatic rings. The lowest BCUT2D eigenvalue weighted by Crippen LogP contribution is -2.35. The van der Waals surface area contributed by atoms with Gasteiger partial charge in [0.2, 0.25) is 0 Å². The van der Waals surface area contributed by atoms with Crippen molar-refractivity contribution in [3.8, 4) is 44.5 Å². The van der Waals surface area contributed by atoms with Crippen molar-refractivity contribution < 1.29 is 0 Å². The second kappa shape index (κ2) is 14.7. The molecule has 0 N–H and O–H groups in total. The Labute approximate surface area is 387 Å². The molecule has 2 nitrogen and oxygen atoms in total. The molecule has 10 aromatic carbocycles. The summed E-state index contributed by atoms with van der Waals surface area (Å²) in [6.45, 7) is 4.72. The van der Waals surface area contributed by atoms with Crippen LogP contribution in [0.2, 0.25) is 0 Å². The summed E-state index contributed by atoms with van der Waals surface area (Å²) in [5, 5.41) is 0. The lowest BCUT2D eigenvalue weighted by atomic mass is 9.64. The molecule has 0 bridgehead atoms. The first-order chi connectivity index (χ1) is 32.5. The van der Waals surface area contributed by atoms with E-state index in [1.807, 2.05) is 0 Å². The van der Waals surface area contributed by atoms with E-state index in [0.29, 0.717) is 0 Å². The van der Waals surface area contributed by atoms with Crippen molar-refractivity contribution in [3.63, 3.8) is 0 Å². The fourth-order valence-corrected chi connectivity index (χ4v) is 11.7. The molecular weight excluding hydrogens is 797 g/mol. The molecule has 2 heteroatoms. The summed E-state index contributed by atoms with van der Waals surface area (Å²) in [6, 6.07) is 89.9. The van der Waals surface area contributed by atoms with Crippen LogP contribution in [0.15, 0.2) is 243 Å². The largest absolute Gasteiger partial charge is 0.310 e. The summed E-state index contributed by atoms with van der Waals surface area (Å²) in [4.78, 5) is 4.88. The minimum atomic E-state index is -0.510. The van der Waals surface area contributed by atoms with Crippen LogP contribution in [0, 0.1) is 0 Å². The topological polar surface area (TPSA) is 6.48 Å². The monoisotopic (exact) mass is 842 g/mol. The van der Waals surface area contributed by atoms with Crippen molar-refractivity contribution in [2.75, 3.05) is 9.80 Å². The van der Waals surface area contributed by atoms with E-state index in [1.165, 1.54) is 89.3 Å².